The van der Waals surface area contributed by atoms with Crippen LogP contribution in [0.25, 0.3) is 5.78 Å². The summed E-state index contributed by atoms with van der Waals surface area (Å²) >= 11 is 0. The van der Waals surface area contributed by atoms with Crippen molar-refractivity contribution < 1.29 is 4.79 Å². The first-order chi connectivity index (χ1) is 6.63. The van der Waals surface area contributed by atoms with Crippen LogP contribution in [-0.2, 0) is 0 Å². The fourth-order valence-corrected chi connectivity index (χ4v) is 1.52. The van der Waals surface area contributed by atoms with E-state index in [1.807, 2.05) is 24.4 Å². The topological polar surface area (TPSA) is 76.2 Å². The highest BCUT2D eigenvalue weighted by molar-refractivity contribution is 5.97. The molecule has 0 radical (unpaired) electrons. The lowest BCUT2D eigenvalue weighted by atomic mass is 10.2. The lowest BCUT2D eigenvalue weighted by Gasteiger charge is -1.93. The number of rotatable bonds is 2. The maximum absolute atomic E-state index is 11.4. The predicted molar refractivity (Wildman–Crippen MR) is 52.4 cm³/mol. The summed E-state index contributed by atoms with van der Waals surface area (Å²) in [5.41, 5.74) is 7.59. The summed E-state index contributed by atoms with van der Waals surface area (Å²) < 4.78 is 1.86. The molecule has 2 heterocycles. The number of aromatic amines is 1. The number of nitrogens with two attached hydrogens (primary N) is 1. The van der Waals surface area contributed by atoms with Gasteiger partial charge in [-0.3, -0.25) is 9.20 Å². The van der Waals surface area contributed by atoms with E-state index in [0.717, 1.165) is 11.4 Å². The van der Waals surface area contributed by atoms with Crippen LogP contribution in [0.4, 0.5) is 0 Å². The van der Waals surface area contributed by atoms with Gasteiger partial charge in [0, 0.05) is 11.9 Å². The second-order valence-corrected chi connectivity index (χ2v) is 3.30. The second-order valence-electron chi connectivity index (χ2n) is 3.30. The fourth-order valence-electron chi connectivity index (χ4n) is 1.52. The van der Waals surface area contributed by atoms with Gasteiger partial charge in [-0.2, -0.15) is 0 Å². The number of aryl methyl sites for hydroxylation is 2. The Labute approximate surface area is 80.9 Å². The van der Waals surface area contributed by atoms with Crippen molar-refractivity contribution in [2.75, 3.05) is 6.54 Å². The molecule has 2 aromatic rings. The first-order valence-corrected chi connectivity index (χ1v) is 4.41. The second kappa shape index (κ2) is 2.95. The molecule has 14 heavy (non-hydrogen) atoms. The van der Waals surface area contributed by atoms with E-state index >= 15 is 0 Å². The monoisotopic (exact) mass is 192 g/mol. The van der Waals surface area contributed by atoms with Crippen molar-refractivity contribution in [2.24, 2.45) is 5.73 Å². The predicted octanol–water partition coefficient (Wildman–Crippen LogP) is 0.421. The van der Waals surface area contributed by atoms with Crippen LogP contribution < -0.4 is 5.73 Å². The van der Waals surface area contributed by atoms with Crippen LogP contribution in [-0.4, -0.2) is 26.7 Å². The van der Waals surface area contributed by atoms with Crippen LogP contribution in [0, 0.1) is 13.8 Å². The van der Waals surface area contributed by atoms with Gasteiger partial charge in [0.15, 0.2) is 5.78 Å². The SMILES string of the molecule is Cc1cn2c(C)c(C(=O)CN)nc2[nH]1. The van der Waals surface area contributed by atoms with E-state index < -0.39 is 0 Å². The van der Waals surface area contributed by atoms with Gasteiger partial charge in [-0.1, -0.05) is 0 Å². The number of fused-ring (bicyclic) bond motifs is 1. The van der Waals surface area contributed by atoms with Gasteiger partial charge >= 0.3 is 0 Å². The molecule has 0 atom stereocenters. The number of nitrogens with zero attached hydrogens (tertiary/aromatic N) is 2. The maximum Gasteiger partial charge on any atom is 0.212 e. The zero-order valence-corrected chi connectivity index (χ0v) is 8.16. The Balaban J connectivity index is 2.64. The molecule has 0 saturated heterocycles. The zero-order chi connectivity index (χ0) is 10.3. The Kier molecular flexibility index (Phi) is 1.89. The molecular formula is C9H12N4O. The Morgan fingerprint density at radius 2 is 2.36 bits per heavy atom. The number of H-pyrrole nitrogens is 1. The molecule has 0 unspecified atom stereocenters. The van der Waals surface area contributed by atoms with Crippen LogP contribution in [0.1, 0.15) is 21.9 Å². The van der Waals surface area contributed by atoms with Gasteiger partial charge in [-0.15, -0.1) is 0 Å². The minimum atomic E-state index is -0.128. The van der Waals surface area contributed by atoms with Crippen molar-refractivity contribution in [2.45, 2.75) is 13.8 Å². The van der Waals surface area contributed by atoms with Gasteiger partial charge in [-0.25, -0.2) is 4.98 Å². The quantitative estimate of drug-likeness (QED) is 0.677. The summed E-state index contributed by atoms with van der Waals surface area (Å²) in [4.78, 5) is 18.6. The molecule has 0 amide bonds. The van der Waals surface area contributed by atoms with Gasteiger partial charge in [0.1, 0.15) is 5.69 Å². The number of nitrogens with one attached hydrogen (secondary N) is 1. The molecular weight excluding hydrogens is 180 g/mol. The maximum atomic E-state index is 11.4. The average molecular weight is 192 g/mol. The minimum absolute atomic E-state index is 0.0000102. The molecule has 0 aromatic carbocycles. The smallest absolute Gasteiger partial charge is 0.212 e. The summed E-state index contributed by atoms with van der Waals surface area (Å²) in [5.74, 6) is 0.564. The Morgan fingerprint density at radius 3 is 2.93 bits per heavy atom. The van der Waals surface area contributed by atoms with Crippen LogP contribution >= 0.6 is 0 Å². The molecule has 5 heteroatoms. The fraction of sp³-hybridized carbons (Fsp3) is 0.333. The van der Waals surface area contributed by atoms with E-state index in [9.17, 15) is 4.79 Å². The molecule has 0 aliphatic rings. The highest BCUT2D eigenvalue weighted by Crippen LogP contribution is 2.12. The number of carbonyl (C=O) groups is 1. The van der Waals surface area contributed by atoms with E-state index in [0.29, 0.717) is 11.5 Å². The zero-order valence-electron chi connectivity index (χ0n) is 8.16. The van der Waals surface area contributed by atoms with Crippen LogP contribution in [0.15, 0.2) is 6.20 Å². The lowest BCUT2D eigenvalue weighted by Crippen LogP contribution is -2.15. The van der Waals surface area contributed by atoms with E-state index in [1.54, 1.807) is 0 Å². The summed E-state index contributed by atoms with van der Waals surface area (Å²) in [6.45, 7) is 3.80. The normalized spacial score (nSPS) is 11.1. The number of imidazole rings is 2. The summed E-state index contributed by atoms with van der Waals surface area (Å²) in [6, 6.07) is 0. The van der Waals surface area contributed by atoms with Crippen molar-refractivity contribution in [3.05, 3.63) is 23.3 Å². The number of hydrogen-bond donors (Lipinski definition) is 2. The van der Waals surface area contributed by atoms with Crippen LogP contribution in [0.2, 0.25) is 0 Å². The van der Waals surface area contributed by atoms with E-state index in [4.69, 9.17) is 5.73 Å². The van der Waals surface area contributed by atoms with Gasteiger partial charge in [0.05, 0.1) is 12.2 Å². The van der Waals surface area contributed by atoms with Crippen molar-refractivity contribution >= 4 is 11.6 Å². The summed E-state index contributed by atoms with van der Waals surface area (Å²) in [5, 5.41) is 0. The molecule has 0 bridgehead atoms. The highest BCUT2D eigenvalue weighted by atomic mass is 16.1. The molecule has 0 fully saturated rings. The van der Waals surface area contributed by atoms with Crippen molar-refractivity contribution in [1.29, 1.82) is 0 Å². The first-order valence-electron chi connectivity index (χ1n) is 4.41. The number of carbonyl (C=O) groups excluding carboxylic acids is 1. The van der Waals surface area contributed by atoms with Gasteiger partial charge in [0.2, 0.25) is 5.78 Å². The van der Waals surface area contributed by atoms with Gasteiger partial charge in [0.25, 0.3) is 0 Å². The third-order valence-corrected chi connectivity index (χ3v) is 2.23. The molecule has 0 aliphatic heterocycles. The molecule has 5 nitrogen and oxygen atoms in total. The van der Waals surface area contributed by atoms with Crippen molar-refractivity contribution in [1.82, 2.24) is 14.4 Å². The number of hydrogen-bond acceptors (Lipinski definition) is 3. The minimum Gasteiger partial charge on any atom is -0.328 e. The third-order valence-electron chi connectivity index (χ3n) is 2.23. The Bertz CT molecular complexity index is 494. The molecule has 2 rings (SSSR count). The largest absolute Gasteiger partial charge is 0.328 e. The molecule has 74 valence electrons. The summed E-state index contributed by atoms with van der Waals surface area (Å²) in [7, 11) is 0. The molecule has 3 N–H and O–H groups in total. The molecule has 0 saturated carbocycles. The van der Waals surface area contributed by atoms with Crippen LogP contribution in [0.5, 0.6) is 0 Å². The highest BCUT2D eigenvalue weighted by Gasteiger charge is 2.15. The molecule has 0 spiro atoms. The molecule has 2 aromatic heterocycles. The van der Waals surface area contributed by atoms with Crippen molar-refractivity contribution in [3.8, 4) is 0 Å². The first kappa shape index (κ1) is 8.96. The molecule has 0 aliphatic carbocycles. The van der Waals surface area contributed by atoms with E-state index in [-0.39, 0.29) is 12.3 Å². The van der Waals surface area contributed by atoms with Crippen molar-refractivity contribution in [3.63, 3.8) is 0 Å². The lowest BCUT2D eigenvalue weighted by molar-refractivity contribution is 0.0996. The third kappa shape index (κ3) is 1.13. The number of aromatic nitrogens is 3. The van der Waals surface area contributed by atoms with Gasteiger partial charge < -0.3 is 10.7 Å². The number of ketones is 1. The van der Waals surface area contributed by atoms with Crippen LogP contribution in [0.3, 0.4) is 0 Å². The summed E-state index contributed by atoms with van der Waals surface area (Å²) in [6.07, 6.45) is 1.91. The number of Topliss-reactive ketones (excluding diaryl/α,β-unsaturated/α-hetero) is 1. The average Bonchev–Trinajstić information content (AvgIpc) is 2.64. The Hall–Kier alpha value is -1.62. The van der Waals surface area contributed by atoms with E-state index in [1.165, 1.54) is 0 Å². The van der Waals surface area contributed by atoms with Gasteiger partial charge in [-0.05, 0) is 13.8 Å². The van der Waals surface area contributed by atoms with E-state index in [2.05, 4.69) is 9.97 Å². The Morgan fingerprint density at radius 1 is 1.64 bits per heavy atom. The standard InChI is InChI=1S/C9H12N4O/c1-5-4-13-6(2)8(7(14)3-10)12-9(13)11-5/h4H,3,10H2,1-2H3,(H,11,12).